The topological polar surface area (TPSA) is 82.0 Å². The van der Waals surface area contributed by atoms with E-state index in [1.807, 2.05) is 6.92 Å². The van der Waals surface area contributed by atoms with E-state index in [2.05, 4.69) is 30.6 Å². The van der Waals surface area contributed by atoms with Crippen LogP contribution in [0.15, 0.2) is 0 Å². The van der Waals surface area contributed by atoms with Gasteiger partial charge < -0.3 is 10.6 Å². The average Bonchev–Trinajstić information content (AvgIpc) is 2.73. The highest BCUT2D eigenvalue weighted by Crippen LogP contribution is 2.17. The monoisotopic (exact) mass is 265 g/mol. The van der Waals surface area contributed by atoms with Gasteiger partial charge in [0.15, 0.2) is 0 Å². The SMILES string of the molecule is CC(C)C[C@H](C)C(=O)N[C@H](C#N)C[C@@H]1CCNC1=O. The van der Waals surface area contributed by atoms with Crippen LogP contribution in [0.5, 0.6) is 0 Å². The predicted molar refractivity (Wildman–Crippen MR) is 71.9 cm³/mol. The van der Waals surface area contributed by atoms with Crippen molar-refractivity contribution in [1.29, 1.82) is 5.26 Å². The summed E-state index contributed by atoms with van der Waals surface area (Å²) in [5.74, 6) is 0.0869. The van der Waals surface area contributed by atoms with Crippen molar-refractivity contribution in [1.82, 2.24) is 10.6 Å². The lowest BCUT2D eigenvalue weighted by molar-refractivity contribution is -0.126. The summed E-state index contributed by atoms with van der Waals surface area (Å²) in [4.78, 5) is 23.4. The molecule has 1 rings (SSSR count). The van der Waals surface area contributed by atoms with E-state index in [4.69, 9.17) is 5.26 Å². The smallest absolute Gasteiger partial charge is 0.223 e. The molecule has 0 unspecified atom stereocenters. The molecule has 0 aliphatic carbocycles. The Labute approximate surface area is 114 Å². The first-order chi connectivity index (χ1) is 8.93. The molecule has 1 aliphatic heterocycles. The normalized spacial score (nSPS) is 21.6. The Morgan fingerprint density at radius 2 is 2.21 bits per heavy atom. The van der Waals surface area contributed by atoms with Gasteiger partial charge in [-0.2, -0.15) is 5.26 Å². The van der Waals surface area contributed by atoms with Crippen LogP contribution in [0.2, 0.25) is 0 Å². The highest BCUT2D eigenvalue weighted by Gasteiger charge is 2.28. The number of nitriles is 1. The van der Waals surface area contributed by atoms with E-state index in [-0.39, 0.29) is 23.7 Å². The first kappa shape index (κ1) is 15.5. The van der Waals surface area contributed by atoms with Crippen LogP contribution in [-0.4, -0.2) is 24.4 Å². The third-order valence-corrected chi connectivity index (χ3v) is 3.43. The molecule has 1 fully saturated rings. The van der Waals surface area contributed by atoms with Crippen LogP contribution >= 0.6 is 0 Å². The van der Waals surface area contributed by atoms with Crippen molar-refractivity contribution in [3.05, 3.63) is 0 Å². The third-order valence-electron chi connectivity index (χ3n) is 3.43. The van der Waals surface area contributed by atoms with Crippen molar-refractivity contribution >= 4 is 11.8 Å². The van der Waals surface area contributed by atoms with Crippen molar-refractivity contribution in [2.24, 2.45) is 17.8 Å². The zero-order valence-corrected chi connectivity index (χ0v) is 11.9. The van der Waals surface area contributed by atoms with E-state index in [9.17, 15) is 9.59 Å². The van der Waals surface area contributed by atoms with Gasteiger partial charge in [-0.1, -0.05) is 20.8 Å². The summed E-state index contributed by atoms with van der Waals surface area (Å²) >= 11 is 0. The van der Waals surface area contributed by atoms with Gasteiger partial charge in [0.05, 0.1) is 6.07 Å². The second kappa shape index (κ2) is 7.13. The summed E-state index contributed by atoms with van der Waals surface area (Å²) in [6.07, 6.45) is 1.95. The molecular weight excluding hydrogens is 242 g/mol. The van der Waals surface area contributed by atoms with Gasteiger partial charge >= 0.3 is 0 Å². The van der Waals surface area contributed by atoms with Crippen LogP contribution in [0.4, 0.5) is 0 Å². The lowest BCUT2D eigenvalue weighted by Crippen LogP contribution is -2.39. The lowest BCUT2D eigenvalue weighted by atomic mass is 9.96. The molecule has 0 aromatic carbocycles. The summed E-state index contributed by atoms with van der Waals surface area (Å²) in [6, 6.07) is 1.50. The number of hydrogen-bond donors (Lipinski definition) is 2. The van der Waals surface area contributed by atoms with E-state index in [1.54, 1.807) is 0 Å². The summed E-state index contributed by atoms with van der Waals surface area (Å²) in [5, 5.41) is 14.6. The van der Waals surface area contributed by atoms with Gasteiger partial charge in [-0.3, -0.25) is 9.59 Å². The van der Waals surface area contributed by atoms with Gasteiger partial charge in [0, 0.05) is 18.4 Å². The fourth-order valence-electron chi connectivity index (χ4n) is 2.43. The number of nitrogens with zero attached hydrogens (tertiary/aromatic N) is 1. The van der Waals surface area contributed by atoms with Crippen molar-refractivity contribution in [2.75, 3.05) is 6.54 Å². The number of nitrogens with one attached hydrogen (secondary N) is 2. The Balaban J connectivity index is 2.46. The van der Waals surface area contributed by atoms with Crippen LogP contribution in [0.25, 0.3) is 0 Å². The maximum absolute atomic E-state index is 11.9. The molecule has 0 radical (unpaired) electrons. The molecule has 5 nitrogen and oxygen atoms in total. The van der Waals surface area contributed by atoms with Gasteiger partial charge in [-0.15, -0.1) is 0 Å². The molecule has 0 aromatic rings. The Morgan fingerprint density at radius 3 is 2.68 bits per heavy atom. The first-order valence-electron chi connectivity index (χ1n) is 6.91. The molecule has 1 saturated heterocycles. The largest absolute Gasteiger partial charge is 0.356 e. The molecule has 1 heterocycles. The fourth-order valence-corrected chi connectivity index (χ4v) is 2.43. The van der Waals surface area contributed by atoms with Crippen LogP contribution in [0.1, 0.15) is 40.0 Å². The second-order valence-electron chi connectivity index (χ2n) is 5.73. The summed E-state index contributed by atoms with van der Waals surface area (Å²) < 4.78 is 0. The Kier molecular flexibility index (Phi) is 5.81. The lowest BCUT2D eigenvalue weighted by Gasteiger charge is -2.18. The van der Waals surface area contributed by atoms with Crippen LogP contribution in [0.3, 0.4) is 0 Å². The first-order valence-corrected chi connectivity index (χ1v) is 6.91. The van der Waals surface area contributed by atoms with Crippen molar-refractivity contribution < 1.29 is 9.59 Å². The zero-order chi connectivity index (χ0) is 14.4. The van der Waals surface area contributed by atoms with E-state index in [1.165, 1.54) is 0 Å². The molecule has 106 valence electrons. The zero-order valence-electron chi connectivity index (χ0n) is 11.9. The van der Waals surface area contributed by atoms with Gasteiger partial charge in [0.1, 0.15) is 6.04 Å². The van der Waals surface area contributed by atoms with E-state index in [0.717, 1.165) is 12.8 Å². The van der Waals surface area contributed by atoms with Crippen molar-refractivity contribution in [2.45, 2.75) is 46.1 Å². The number of hydrogen-bond acceptors (Lipinski definition) is 3. The van der Waals surface area contributed by atoms with Gasteiger partial charge in [-0.05, 0) is 25.2 Å². The van der Waals surface area contributed by atoms with E-state index in [0.29, 0.717) is 18.9 Å². The molecule has 0 aromatic heterocycles. The Bertz CT molecular complexity index is 373. The third kappa shape index (κ3) is 4.90. The van der Waals surface area contributed by atoms with Crippen molar-refractivity contribution in [3.63, 3.8) is 0 Å². The minimum absolute atomic E-state index is 0.00951. The van der Waals surface area contributed by atoms with E-state index >= 15 is 0 Å². The number of amides is 2. The van der Waals surface area contributed by atoms with E-state index < -0.39 is 6.04 Å². The van der Waals surface area contributed by atoms with Crippen molar-refractivity contribution in [3.8, 4) is 6.07 Å². The average molecular weight is 265 g/mol. The molecular formula is C14H23N3O2. The van der Waals surface area contributed by atoms with Crippen LogP contribution in [-0.2, 0) is 9.59 Å². The Hall–Kier alpha value is -1.57. The van der Waals surface area contributed by atoms with Gasteiger partial charge in [0.2, 0.25) is 11.8 Å². The fraction of sp³-hybridized carbons (Fsp3) is 0.786. The summed E-state index contributed by atoms with van der Waals surface area (Å²) in [6.45, 7) is 6.66. The highest BCUT2D eigenvalue weighted by atomic mass is 16.2. The number of carbonyl (C=O) groups is 2. The Morgan fingerprint density at radius 1 is 1.53 bits per heavy atom. The molecule has 0 saturated carbocycles. The maximum Gasteiger partial charge on any atom is 0.223 e. The molecule has 0 bridgehead atoms. The predicted octanol–water partition coefficient (Wildman–Crippen LogP) is 1.20. The molecule has 1 aliphatic rings. The summed E-state index contributed by atoms with van der Waals surface area (Å²) in [5.41, 5.74) is 0. The molecule has 3 atom stereocenters. The minimum Gasteiger partial charge on any atom is -0.356 e. The highest BCUT2D eigenvalue weighted by molar-refractivity contribution is 5.81. The molecule has 2 N–H and O–H groups in total. The molecule has 19 heavy (non-hydrogen) atoms. The van der Waals surface area contributed by atoms with Crippen LogP contribution in [0, 0.1) is 29.1 Å². The quantitative estimate of drug-likeness (QED) is 0.757. The number of rotatable bonds is 6. The molecule has 2 amide bonds. The molecule has 0 spiro atoms. The van der Waals surface area contributed by atoms with Gasteiger partial charge in [0.25, 0.3) is 0 Å². The summed E-state index contributed by atoms with van der Waals surface area (Å²) in [7, 11) is 0. The number of carbonyl (C=O) groups excluding carboxylic acids is 2. The van der Waals surface area contributed by atoms with Crippen LogP contribution < -0.4 is 10.6 Å². The van der Waals surface area contributed by atoms with Gasteiger partial charge in [-0.25, -0.2) is 0 Å². The minimum atomic E-state index is -0.573. The standard InChI is InChI=1S/C14H23N3O2/c1-9(2)6-10(3)13(18)17-12(8-15)7-11-4-5-16-14(11)19/h9-12H,4-7H2,1-3H3,(H,16,19)(H,17,18)/t10-,11-,12-/m0/s1. The second-order valence-corrected chi connectivity index (χ2v) is 5.73. The molecule has 5 heteroatoms. The maximum atomic E-state index is 11.9.